The summed E-state index contributed by atoms with van der Waals surface area (Å²) in [5.41, 5.74) is 0.905. The molecule has 0 spiro atoms. The van der Waals surface area contributed by atoms with E-state index in [0.717, 1.165) is 0 Å². The van der Waals surface area contributed by atoms with Crippen LogP contribution in [-0.4, -0.2) is 55.3 Å². The van der Waals surface area contributed by atoms with Crippen LogP contribution in [0.15, 0.2) is 30.7 Å². The molecule has 1 aliphatic heterocycles. The van der Waals surface area contributed by atoms with Crippen molar-refractivity contribution in [3.63, 3.8) is 0 Å². The van der Waals surface area contributed by atoms with E-state index < -0.39 is 12.3 Å². The van der Waals surface area contributed by atoms with E-state index in [1.54, 1.807) is 24.4 Å². The summed E-state index contributed by atoms with van der Waals surface area (Å²) in [5, 5.41) is 23.8. The Kier molecular flexibility index (Phi) is 5.76. The Morgan fingerprint density at radius 2 is 2.30 bits per heavy atom. The molecule has 3 aromatic rings. The second-order valence-electron chi connectivity index (χ2n) is 6.66. The van der Waals surface area contributed by atoms with Crippen molar-refractivity contribution in [3.05, 3.63) is 36.3 Å². The summed E-state index contributed by atoms with van der Waals surface area (Å²) in [4.78, 5) is 14.2. The predicted octanol–water partition coefficient (Wildman–Crippen LogP) is 1.84. The topological polar surface area (TPSA) is 126 Å². The van der Waals surface area contributed by atoms with E-state index in [0.29, 0.717) is 54.0 Å². The predicted molar refractivity (Wildman–Crippen MR) is 106 cm³/mol. The van der Waals surface area contributed by atoms with Gasteiger partial charge >= 0.3 is 0 Å². The first-order chi connectivity index (χ1) is 14.7. The largest absolute Gasteiger partial charge is 0.486 e. The number of anilines is 2. The van der Waals surface area contributed by atoms with Gasteiger partial charge in [0.1, 0.15) is 30.4 Å². The average Bonchev–Trinajstić information content (AvgIpc) is 3.23. The van der Waals surface area contributed by atoms with Crippen LogP contribution in [0.1, 0.15) is 18.9 Å². The fraction of sp³-hybridized carbons (Fsp3) is 0.368. The van der Waals surface area contributed by atoms with Crippen LogP contribution in [0.5, 0.6) is 5.75 Å². The molecule has 154 valence electrons. The number of hydrogen-bond acceptors (Lipinski definition) is 9. The van der Waals surface area contributed by atoms with E-state index in [1.165, 1.54) is 11.1 Å². The molecule has 2 N–H and O–H groups in total. The molecule has 1 aliphatic rings. The standard InChI is InChI=1S/C19H20FN9O/c1-2-29-25-10-17(28-29)26-19-24-11-23-18(27-19)12-3-4-15(13(7-12)8-21)30-16-5-6-22-9-14(16)20/h3-4,7,10-11,14,16,22H,2,5-6,9H2,1H3,(H,23,24,26,27,28)/t14-,16+/m1/s1. The van der Waals surface area contributed by atoms with Gasteiger partial charge in [-0.1, -0.05) is 0 Å². The number of nitriles is 1. The third kappa shape index (κ3) is 4.33. The lowest BCUT2D eigenvalue weighted by Crippen LogP contribution is -2.44. The van der Waals surface area contributed by atoms with Crippen LogP contribution in [0.25, 0.3) is 11.4 Å². The molecule has 4 rings (SSSR count). The Labute approximate surface area is 172 Å². The van der Waals surface area contributed by atoms with Gasteiger partial charge in [0.2, 0.25) is 5.95 Å². The van der Waals surface area contributed by atoms with E-state index in [9.17, 15) is 9.65 Å². The van der Waals surface area contributed by atoms with E-state index in [-0.39, 0.29) is 6.54 Å². The fourth-order valence-corrected chi connectivity index (χ4v) is 3.07. The zero-order valence-electron chi connectivity index (χ0n) is 16.3. The van der Waals surface area contributed by atoms with Gasteiger partial charge in [-0.3, -0.25) is 0 Å². The first kappa shape index (κ1) is 19.7. The van der Waals surface area contributed by atoms with Crippen molar-refractivity contribution in [2.75, 3.05) is 18.4 Å². The lowest BCUT2D eigenvalue weighted by atomic mass is 10.1. The molecule has 0 amide bonds. The molecule has 0 saturated carbocycles. The number of rotatable bonds is 6. The Morgan fingerprint density at radius 1 is 1.40 bits per heavy atom. The maximum absolute atomic E-state index is 14.0. The molecule has 0 unspecified atom stereocenters. The summed E-state index contributed by atoms with van der Waals surface area (Å²) < 4.78 is 19.8. The van der Waals surface area contributed by atoms with Gasteiger partial charge in [-0.2, -0.15) is 20.1 Å². The Balaban J connectivity index is 1.54. The highest BCUT2D eigenvalue weighted by molar-refractivity contribution is 5.62. The number of halogens is 1. The van der Waals surface area contributed by atoms with Gasteiger partial charge < -0.3 is 15.4 Å². The van der Waals surface area contributed by atoms with Gasteiger partial charge in [-0.05, 0) is 38.1 Å². The Morgan fingerprint density at radius 3 is 3.07 bits per heavy atom. The molecule has 1 aromatic carbocycles. The zero-order valence-corrected chi connectivity index (χ0v) is 16.3. The monoisotopic (exact) mass is 409 g/mol. The molecule has 1 fully saturated rings. The minimum Gasteiger partial charge on any atom is -0.486 e. The van der Waals surface area contributed by atoms with Crippen molar-refractivity contribution in [1.82, 2.24) is 35.3 Å². The smallest absolute Gasteiger partial charge is 0.232 e. The number of hydrogen-bond donors (Lipinski definition) is 2. The zero-order chi connectivity index (χ0) is 20.9. The fourth-order valence-electron chi connectivity index (χ4n) is 3.07. The molecule has 0 radical (unpaired) electrons. The highest BCUT2D eigenvalue weighted by Gasteiger charge is 2.27. The number of nitrogens with zero attached hydrogens (tertiary/aromatic N) is 7. The first-order valence-electron chi connectivity index (χ1n) is 9.58. The van der Waals surface area contributed by atoms with E-state index in [2.05, 4.69) is 41.9 Å². The number of nitrogens with one attached hydrogen (secondary N) is 2. The maximum Gasteiger partial charge on any atom is 0.232 e. The maximum atomic E-state index is 14.0. The van der Waals surface area contributed by atoms with Crippen LogP contribution in [0.4, 0.5) is 16.2 Å². The third-order valence-electron chi connectivity index (χ3n) is 4.62. The van der Waals surface area contributed by atoms with Crippen LogP contribution >= 0.6 is 0 Å². The molecule has 30 heavy (non-hydrogen) atoms. The molecule has 11 heteroatoms. The summed E-state index contributed by atoms with van der Waals surface area (Å²) in [6.45, 7) is 3.51. The van der Waals surface area contributed by atoms with Gasteiger partial charge in [0.15, 0.2) is 11.6 Å². The van der Waals surface area contributed by atoms with Gasteiger partial charge in [0, 0.05) is 12.1 Å². The quantitative estimate of drug-likeness (QED) is 0.627. The van der Waals surface area contributed by atoms with E-state index in [1.807, 2.05) is 6.92 Å². The summed E-state index contributed by atoms with van der Waals surface area (Å²) in [6.07, 6.45) is 1.79. The van der Waals surface area contributed by atoms with Gasteiger partial charge in [-0.25, -0.2) is 14.4 Å². The van der Waals surface area contributed by atoms with Crippen molar-refractivity contribution in [2.24, 2.45) is 0 Å². The number of ether oxygens (including phenoxy) is 1. The van der Waals surface area contributed by atoms with Crippen LogP contribution in [0.2, 0.25) is 0 Å². The van der Waals surface area contributed by atoms with Crippen molar-refractivity contribution >= 4 is 11.8 Å². The van der Waals surface area contributed by atoms with Crippen LogP contribution in [0.3, 0.4) is 0 Å². The second kappa shape index (κ2) is 8.79. The Bertz CT molecular complexity index is 1060. The third-order valence-corrected chi connectivity index (χ3v) is 4.62. The first-order valence-corrected chi connectivity index (χ1v) is 9.58. The minimum absolute atomic E-state index is 0.247. The minimum atomic E-state index is -1.12. The van der Waals surface area contributed by atoms with Gasteiger partial charge in [0.05, 0.1) is 18.3 Å². The summed E-state index contributed by atoms with van der Waals surface area (Å²) >= 11 is 0. The molecule has 0 bridgehead atoms. The van der Waals surface area contributed by atoms with Crippen molar-refractivity contribution in [1.29, 1.82) is 5.26 Å². The van der Waals surface area contributed by atoms with Crippen molar-refractivity contribution in [2.45, 2.75) is 32.2 Å². The average molecular weight is 409 g/mol. The molecular formula is C19H20FN9O. The molecule has 2 aromatic heterocycles. The summed E-state index contributed by atoms with van der Waals surface area (Å²) in [6, 6.07) is 7.10. The molecular weight excluding hydrogens is 389 g/mol. The molecule has 2 atom stereocenters. The normalized spacial score (nSPS) is 18.6. The second-order valence-corrected chi connectivity index (χ2v) is 6.66. The molecule has 3 heterocycles. The number of aryl methyl sites for hydroxylation is 1. The summed E-state index contributed by atoms with van der Waals surface area (Å²) in [7, 11) is 0. The lowest BCUT2D eigenvalue weighted by Gasteiger charge is -2.27. The lowest BCUT2D eigenvalue weighted by molar-refractivity contribution is 0.0729. The summed E-state index contributed by atoms with van der Waals surface area (Å²) in [5.74, 6) is 1.54. The SMILES string of the molecule is CCn1ncc(Nc2ncnc(-c3ccc(O[C@H]4CCNC[C@H]4F)c(C#N)c3)n2)n1. The van der Waals surface area contributed by atoms with Crippen molar-refractivity contribution < 1.29 is 9.13 Å². The van der Waals surface area contributed by atoms with Crippen LogP contribution < -0.4 is 15.4 Å². The number of alkyl halides is 1. The molecule has 0 aliphatic carbocycles. The molecule has 10 nitrogen and oxygen atoms in total. The highest BCUT2D eigenvalue weighted by Crippen LogP contribution is 2.27. The highest BCUT2D eigenvalue weighted by atomic mass is 19.1. The Hall–Kier alpha value is -3.65. The number of benzene rings is 1. The van der Waals surface area contributed by atoms with E-state index in [4.69, 9.17) is 4.74 Å². The number of piperidine rings is 1. The number of aromatic nitrogens is 6. The van der Waals surface area contributed by atoms with Crippen LogP contribution in [-0.2, 0) is 6.54 Å². The van der Waals surface area contributed by atoms with E-state index >= 15 is 0 Å². The van der Waals surface area contributed by atoms with Crippen molar-refractivity contribution in [3.8, 4) is 23.2 Å². The van der Waals surface area contributed by atoms with Gasteiger partial charge in [0.25, 0.3) is 0 Å². The molecule has 1 saturated heterocycles. The van der Waals surface area contributed by atoms with Gasteiger partial charge in [-0.15, -0.1) is 5.10 Å². The van der Waals surface area contributed by atoms with Crippen LogP contribution in [0, 0.1) is 11.3 Å².